The van der Waals surface area contributed by atoms with Crippen LogP contribution in [-0.2, 0) is 13.9 Å². The molecule has 3 rings (SSSR count). The second-order valence-electron chi connectivity index (χ2n) is 10.5. The predicted octanol–water partition coefficient (Wildman–Crippen LogP) is 4.23. The number of aromatic nitrogens is 4. The molecule has 3 heterocycles. The molecule has 1 aliphatic heterocycles. The third kappa shape index (κ3) is 10.00. The number of rotatable bonds is 18. The van der Waals surface area contributed by atoms with E-state index in [1.54, 1.807) is 0 Å². The second-order valence-corrected chi connectivity index (χ2v) is 15.4. The first-order chi connectivity index (χ1) is 18.9. The molecule has 6 N–H and O–H groups in total. The van der Waals surface area contributed by atoms with E-state index < -0.39 is 51.6 Å². The first-order valence-electron chi connectivity index (χ1n) is 13.9. The van der Waals surface area contributed by atoms with E-state index >= 15 is 0 Å². The Kier molecular flexibility index (Phi) is 12.8. The van der Waals surface area contributed by atoms with Crippen LogP contribution < -0.4 is 5.32 Å². The van der Waals surface area contributed by atoms with E-state index in [9.17, 15) is 24.2 Å². The average molecular weight is 626 g/mol. The third-order valence-corrected chi connectivity index (χ3v) is 11.4. The van der Waals surface area contributed by atoms with Crippen molar-refractivity contribution in [3.63, 3.8) is 0 Å². The molecule has 0 amide bonds. The van der Waals surface area contributed by atoms with Crippen LogP contribution in [-0.4, -0.2) is 81.3 Å². The zero-order valence-corrected chi connectivity index (χ0v) is 25.4. The minimum atomic E-state index is -4.70. The fraction of sp³-hybridized carbons (Fsp3) is 0.792. The van der Waals surface area contributed by atoms with Gasteiger partial charge in [-0.15, -0.1) is 0 Å². The highest BCUT2D eigenvalue weighted by Gasteiger charge is 2.45. The van der Waals surface area contributed by atoms with Crippen molar-refractivity contribution in [3.8, 4) is 0 Å². The Morgan fingerprint density at radius 2 is 1.60 bits per heavy atom. The molecule has 228 valence electrons. The van der Waals surface area contributed by atoms with Crippen molar-refractivity contribution >= 4 is 43.5 Å². The maximum Gasteiger partial charge on any atom is 0.335 e. The van der Waals surface area contributed by atoms with Gasteiger partial charge in [0.2, 0.25) is 12.7 Å². The number of hydrogen-bond donors (Lipinski definition) is 6. The number of anilines is 1. The number of aliphatic hydroxyl groups excluding tert-OH is 2. The lowest BCUT2D eigenvalue weighted by Gasteiger charge is -2.18. The summed E-state index contributed by atoms with van der Waals surface area (Å²) in [5.74, 6) is -0.724. The topological polar surface area (TPSA) is 200 Å². The number of nitrogens with one attached hydrogen (secondary N) is 1. The van der Waals surface area contributed by atoms with E-state index in [0.717, 1.165) is 12.8 Å². The van der Waals surface area contributed by atoms with Gasteiger partial charge in [0.05, 0.1) is 12.4 Å². The van der Waals surface area contributed by atoms with Crippen molar-refractivity contribution in [2.75, 3.05) is 23.9 Å². The van der Waals surface area contributed by atoms with Crippen LogP contribution in [0.5, 0.6) is 0 Å². The maximum atomic E-state index is 12.2. The molecule has 2 aromatic rings. The molecule has 0 spiro atoms. The summed E-state index contributed by atoms with van der Waals surface area (Å²) in [6, 6.07) is 0. The molecule has 0 radical (unpaired) electrons. The zero-order chi connectivity index (χ0) is 29.3. The lowest BCUT2D eigenvalue weighted by atomic mass is 10.1. The van der Waals surface area contributed by atoms with Crippen LogP contribution in [0.2, 0.25) is 5.28 Å². The van der Waals surface area contributed by atoms with Crippen molar-refractivity contribution < 1.29 is 38.8 Å². The summed E-state index contributed by atoms with van der Waals surface area (Å²) in [7, 11) is -8.87. The highest BCUT2D eigenvalue weighted by molar-refractivity contribution is 7.72. The summed E-state index contributed by atoms with van der Waals surface area (Å²) in [5.41, 5.74) is 0.684. The van der Waals surface area contributed by atoms with Crippen LogP contribution in [0, 0.1) is 0 Å². The minimum Gasteiger partial charge on any atom is -0.388 e. The van der Waals surface area contributed by atoms with Crippen LogP contribution in [0.15, 0.2) is 6.33 Å². The van der Waals surface area contributed by atoms with E-state index in [1.807, 2.05) is 0 Å². The molecule has 0 aliphatic carbocycles. The largest absolute Gasteiger partial charge is 0.388 e. The molecule has 1 aliphatic rings. The van der Waals surface area contributed by atoms with Gasteiger partial charge in [0.1, 0.15) is 18.1 Å². The molecule has 1 fully saturated rings. The highest BCUT2D eigenvalue weighted by Crippen LogP contribution is 2.55. The molecule has 5 unspecified atom stereocenters. The van der Waals surface area contributed by atoms with E-state index in [-0.39, 0.29) is 17.4 Å². The van der Waals surface area contributed by atoms with Gasteiger partial charge in [-0.25, -0.2) is 4.98 Å². The molecule has 0 aromatic carbocycles. The van der Waals surface area contributed by atoms with Gasteiger partial charge in [-0.1, -0.05) is 64.7 Å². The van der Waals surface area contributed by atoms with Gasteiger partial charge in [0.15, 0.2) is 23.2 Å². The van der Waals surface area contributed by atoms with Gasteiger partial charge < -0.3 is 34.9 Å². The lowest BCUT2D eigenvalue weighted by Crippen LogP contribution is -2.32. The Morgan fingerprint density at radius 3 is 2.23 bits per heavy atom. The molecule has 2 aromatic heterocycles. The average Bonchev–Trinajstić information content (AvgIpc) is 3.40. The Hall–Kier alpha value is -1.14. The van der Waals surface area contributed by atoms with E-state index in [0.29, 0.717) is 17.9 Å². The quantitative estimate of drug-likeness (QED) is 0.0783. The highest BCUT2D eigenvalue weighted by atomic mass is 35.5. The second kappa shape index (κ2) is 15.4. The predicted molar refractivity (Wildman–Crippen MR) is 153 cm³/mol. The number of hydrogen-bond acceptors (Lipinski definition) is 9. The summed E-state index contributed by atoms with van der Waals surface area (Å²) < 4.78 is 30.5. The van der Waals surface area contributed by atoms with Gasteiger partial charge in [0.25, 0.3) is 0 Å². The van der Waals surface area contributed by atoms with Crippen molar-refractivity contribution in [1.82, 2.24) is 19.5 Å². The molecule has 5 atom stereocenters. The van der Waals surface area contributed by atoms with Crippen LogP contribution in [0.25, 0.3) is 11.2 Å². The smallest absolute Gasteiger partial charge is 0.335 e. The lowest BCUT2D eigenvalue weighted by molar-refractivity contribution is -0.0354. The van der Waals surface area contributed by atoms with Crippen LogP contribution in [0.4, 0.5) is 5.82 Å². The Morgan fingerprint density at radius 1 is 0.975 bits per heavy atom. The van der Waals surface area contributed by atoms with Crippen molar-refractivity contribution in [2.24, 2.45) is 0 Å². The standard InChI is InChI=1S/C24H42ClN5O8P2/c1-2-3-4-5-6-7-8-9-10-11-13-26-21-18-22(29-24(25)28-21)30(15-27-18)23-20(32)19(31)17(38-23)12-14-39(33,34)16-40(35,36)37/h15,17,19-20,23,31-32H,2-14,16H2,1H3,(H,33,34)(H,26,28,29)(H2,35,36,37). The van der Waals surface area contributed by atoms with Gasteiger partial charge >= 0.3 is 7.60 Å². The minimum absolute atomic E-state index is 0.0388. The van der Waals surface area contributed by atoms with Crippen molar-refractivity contribution in [1.29, 1.82) is 0 Å². The Labute approximate surface area is 239 Å². The number of nitrogens with zero attached hydrogens (tertiary/aromatic N) is 4. The molecule has 40 heavy (non-hydrogen) atoms. The summed E-state index contributed by atoms with van der Waals surface area (Å²) in [6.45, 7) is 2.89. The normalized spacial score (nSPS) is 23.1. The number of aliphatic hydroxyl groups is 2. The van der Waals surface area contributed by atoms with Gasteiger partial charge in [0, 0.05) is 12.7 Å². The number of halogens is 1. The first kappa shape index (κ1) is 33.4. The van der Waals surface area contributed by atoms with Gasteiger partial charge in [-0.3, -0.25) is 13.7 Å². The Bertz CT molecular complexity index is 1180. The number of imidazole rings is 1. The van der Waals surface area contributed by atoms with E-state index in [1.165, 1.54) is 62.3 Å². The number of ether oxygens (including phenoxy) is 1. The van der Waals surface area contributed by atoms with Crippen LogP contribution in [0.3, 0.4) is 0 Å². The summed E-state index contributed by atoms with van der Waals surface area (Å²) in [6.07, 6.45) is 7.94. The third-order valence-electron chi connectivity index (χ3n) is 7.00. The number of unbranched alkanes of at least 4 members (excludes halogenated alkanes) is 9. The fourth-order valence-corrected chi connectivity index (χ4v) is 8.59. The number of fused-ring (bicyclic) bond motifs is 1. The van der Waals surface area contributed by atoms with Gasteiger partial charge in [-0.2, -0.15) is 9.97 Å². The van der Waals surface area contributed by atoms with Crippen LogP contribution in [0.1, 0.15) is 83.8 Å². The summed E-state index contributed by atoms with van der Waals surface area (Å²) in [5, 5.41) is 24.4. The van der Waals surface area contributed by atoms with Crippen molar-refractivity contribution in [3.05, 3.63) is 11.6 Å². The van der Waals surface area contributed by atoms with Crippen LogP contribution >= 0.6 is 26.6 Å². The summed E-state index contributed by atoms with van der Waals surface area (Å²) in [4.78, 5) is 40.8. The molecule has 16 heteroatoms. The molecule has 0 bridgehead atoms. The molecule has 0 saturated carbocycles. The fourth-order valence-electron chi connectivity index (χ4n) is 4.90. The molecular formula is C24H42ClN5O8P2. The Balaban J connectivity index is 1.55. The first-order valence-corrected chi connectivity index (χ1v) is 18.1. The summed E-state index contributed by atoms with van der Waals surface area (Å²) >= 11 is 6.17. The zero-order valence-electron chi connectivity index (χ0n) is 22.8. The SMILES string of the molecule is CCCCCCCCCCCCNc1nc(Cl)nc2c1ncn2C1OC(CCP(=O)(O)CP(=O)(O)O)C(O)C1O. The van der Waals surface area contributed by atoms with Crippen molar-refractivity contribution in [2.45, 2.75) is 102 Å². The molecular weight excluding hydrogens is 584 g/mol. The molecule has 13 nitrogen and oxygen atoms in total. The monoisotopic (exact) mass is 625 g/mol. The maximum absolute atomic E-state index is 12.2. The van der Waals surface area contributed by atoms with Gasteiger partial charge in [-0.05, 0) is 24.4 Å². The van der Waals surface area contributed by atoms with E-state index in [2.05, 4.69) is 27.2 Å². The molecule has 1 saturated heterocycles. The van der Waals surface area contributed by atoms with E-state index in [4.69, 9.17) is 26.1 Å².